The molecular weight excluding hydrogens is 851 g/mol. The molecule has 0 fully saturated rings. The zero-order valence-corrected chi connectivity index (χ0v) is 41.7. The largest absolute Gasteiger partial charge is 0.507 e. The van der Waals surface area contributed by atoms with Crippen molar-refractivity contribution in [3.8, 4) is 78.6 Å². The number of phenolic OH excluding ortho intramolecular Hbond substituents is 1. The third kappa shape index (κ3) is 9.37. The predicted octanol–water partition coefficient (Wildman–Crippen LogP) is 18.3. The molecule has 0 aliphatic carbocycles. The molecule has 0 amide bonds. The van der Waals surface area contributed by atoms with E-state index in [1.54, 1.807) is 6.07 Å². The fraction of sp³-hybridized carbons (Fsp3) is 0.273. The lowest BCUT2D eigenvalue weighted by Gasteiger charge is -2.27. The minimum Gasteiger partial charge on any atom is -0.507 e. The van der Waals surface area contributed by atoms with Gasteiger partial charge in [-0.1, -0.05) is 199 Å². The number of phenols is 1. The highest BCUT2D eigenvalue weighted by atomic mass is 16.3. The lowest BCUT2D eigenvalue weighted by Crippen LogP contribution is -2.14. The van der Waals surface area contributed by atoms with Crippen molar-refractivity contribution in [2.75, 3.05) is 0 Å². The van der Waals surface area contributed by atoms with Crippen LogP contribution in [0.2, 0.25) is 0 Å². The molecule has 0 radical (unpaired) electrons. The van der Waals surface area contributed by atoms with Crippen LogP contribution in [0.5, 0.6) is 5.75 Å². The highest BCUT2D eigenvalue weighted by Crippen LogP contribution is 2.47. The average molecular weight is 933 g/mol. The fourth-order valence-corrected chi connectivity index (χ4v) is 9.23. The Morgan fingerprint density at radius 2 is 1.19 bits per heavy atom. The lowest BCUT2D eigenvalue weighted by molar-refractivity contribution is 0.466. The quantitative estimate of drug-likeness (QED) is 0.157. The summed E-state index contributed by atoms with van der Waals surface area (Å²) in [6.45, 7) is 9.92. The van der Waals surface area contributed by atoms with Crippen LogP contribution in [0.3, 0.4) is 0 Å². The number of hydrogen-bond acceptors (Lipinski definition) is 3. The minimum atomic E-state index is -3.81. The van der Waals surface area contributed by atoms with Crippen molar-refractivity contribution in [2.45, 2.75) is 118 Å². The number of pyridine rings is 1. The first kappa shape index (κ1) is 34.3. The minimum absolute atomic E-state index is 0.0197. The molecule has 9 rings (SSSR count). The van der Waals surface area contributed by atoms with Gasteiger partial charge in [-0.15, -0.1) is 0 Å². The van der Waals surface area contributed by atoms with Gasteiger partial charge >= 0.3 is 0 Å². The first-order chi connectivity index (χ1) is 38.6. The standard InChI is InChI=1S/C66H69N3O/c1-41(2)47-36-53(42(3)4)62(70)56(37-47)63-68-61-52(48-33-49(35-51(34-48)65(8,9)10)58-38-46(31-32-67-58)43-27-29-50(30-28-43)64(5,6)7)25-20-26-59(61)69(63)60-40-54(44-21-16-14-17-22-44)57(66(11,12)13)39-55(60)45-23-18-15-19-24-45/h14-42,70H,1-13H3/i5D3,6D3,7D3,27D,28D,29D,30D. The second kappa shape index (κ2) is 18.4. The molecule has 0 atom stereocenters. The molecule has 2 aromatic heterocycles. The van der Waals surface area contributed by atoms with Crippen molar-refractivity contribution in [3.63, 3.8) is 0 Å². The molecule has 0 saturated carbocycles. The molecule has 9 aromatic rings. The van der Waals surface area contributed by atoms with Gasteiger partial charge in [-0.25, -0.2) is 4.98 Å². The number of fused-ring (bicyclic) bond motifs is 1. The average Bonchev–Trinajstić information content (AvgIpc) is 1.09. The van der Waals surface area contributed by atoms with Crippen molar-refractivity contribution >= 4 is 11.0 Å². The molecule has 0 aliphatic heterocycles. The monoisotopic (exact) mass is 933 g/mol. The van der Waals surface area contributed by atoms with E-state index in [0.29, 0.717) is 28.2 Å². The summed E-state index contributed by atoms with van der Waals surface area (Å²) in [6.07, 6.45) is 1.45. The number of imidazole rings is 1. The molecule has 2 heterocycles. The number of benzene rings is 7. The number of aromatic hydroxyl groups is 1. The zero-order valence-electron chi connectivity index (χ0n) is 54.7. The number of hydrogen-bond donors (Lipinski definition) is 1. The van der Waals surface area contributed by atoms with Crippen LogP contribution in [-0.2, 0) is 16.2 Å². The van der Waals surface area contributed by atoms with Gasteiger partial charge < -0.3 is 5.11 Å². The summed E-state index contributed by atoms with van der Waals surface area (Å²) >= 11 is 0. The third-order valence-corrected chi connectivity index (χ3v) is 13.2. The van der Waals surface area contributed by atoms with E-state index >= 15 is 0 Å². The summed E-state index contributed by atoms with van der Waals surface area (Å²) in [5.41, 5.74) is 7.48. The zero-order chi connectivity index (χ0) is 60.8. The van der Waals surface area contributed by atoms with Gasteiger partial charge in [0.15, 0.2) is 0 Å². The van der Waals surface area contributed by atoms with Gasteiger partial charge in [-0.2, -0.15) is 0 Å². The lowest BCUT2D eigenvalue weighted by atomic mass is 9.79. The number of aromatic nitrogens is 3. The van der Waals surface area contributed by atoms with Crippen LogP contribution >= 0.6 is 0 Å². The molecule has 0 spiro atoms. The van der Waals surface area contributed by atoms with Crippen LogP contribution in [0, 0.1) is 0 Å². The Morgan fingerprint density at radius 1 is 0.529 bits per heavy atom. The van der Waals surface area contributed by atoms with Crippen molar-refractivity contribution in [1.29, 1.82) is 0 Å². The highest BCUT2D eigenvalue weighted by molar-refractivity contribution is 5.98. The van der Waals surface area contributed by atoms with E-state index < -0.39 is 61.1 Å². The van der Waals surface area contributed by atoms with Gasteiger partial charge in [-0.3, -0.25) is 9.55 Å². The first-order valence-electron chi connectivity index (χ1n) is 30.5. The Bertz CT molecular complexity index is 3890. The van der Waals surface area contributed by atoms with E-state index in [9.17, 15) is 7.85 Å². The van der Waals surface area contributed by atoms with Crippen LogP contribution in [-0.4, -0.2) is 19.6 Å². The summed E-state index contributed by atoms with van der Waals surface area (Å²) in [4.78, 5) is 10.4. The molecule has 4 heteroatoms. The van der Waals surface area contributed by atoms with Crippen LogP contribution in [0.15, 0.2) is 164 Å². The van der Waals surface area contributed by atoms with Crippen LogP contribution in [0.4, 0.5) is 0 Å². The summed E-state index contributed by atoms with van der Waals surface area (Å²) in [5, 5.41) is 12.6. The topological polar surface area (TPSA) is 50.9 Å². The summed E-state index contributed by atoms with van der Waals surface area (Å²) in [7, 11) is 0. The Labute approximate surface area is 435 Å². The Hall–Kier alpha value is -7.04. The number of para-hydroxylation sites is 1. The molecular formula is C66H69N3O. The van der Waals surface area contributed by atoms with E-state index in [1.807, 2.05) is 60.7 Å². The molecule has 354 valence electrons. The number of nitrogens with zero attached hydrogens (tertiary/aromatic N) is 3. The number of rotatable bonds is 9. The normalized spacial score (nSPS) is 15.6. The second-order valence-corrected chi connectivity index (χ2v) is 21.1. The maximum atomic E-state index is 12.6. The Morgan fingerprint density at radius 3 is 1.80 bits per heavy atom. The fourth-order valence-electron chi connectivity index (χ4n) is 9.23. The Kier molecular flexibility index (Phi) is 9.00. The molecule has 70 heavy (non-hydrogen) atoms. The van der Waals surface area contributed by atoms with Gasteiger partial charge in [0.1, 0.15) is 11.6 Å². The third-order valence-electron chi connectivity index (χ3n) is 13.2. The molecule has 4 nitrogen and oxygen atoms in total. The van der Waals surface area contributed by atoms with Gasteiger partial charge in [0.25, 0.3) is 0 Å². The molecule has 7 aromatic carbocycles. The van der Waals surface area contributed by atoms with Gasteiger partial charge in [-0.05, 0) is 138 Å². The van der Waals surface area contributed by atoms with E-state index in [2.05, 4.69) is 134 Å². The SMILES string of the molecule is [2H]c1c([2H])c(C(C([2H])([2H])[2H])(C([2H])([2H])[2H])C([2H])([2H])[2H])c([2H])c([2H])c1-c1ccnc(-c2cc(-c3cccc4c3nc(-c3cc(C(C)C)cc(C(C)C)c3O)n4-c3cc(-c4ccccc4)c(C(C)(C)C)cc3-c3ccccc3)cc(C(C)(C)C)c2)c1. The summed E-state index contributed by atoms with van der Waals surface area (Å²) in [6, 6.07) is 40.8. The van der Waals surface area contributed by atoms with Crippen molar-refractivity contribution < 1.29 is 22.9 Å². The van der Waals surface area contributed by atoms with Crippen molar-refractivity contribution in [1.82, 2.24) is 14.5 Å². The molecule has 0 unspecified atom stereocenters. The van der Waals surface area contributed by atoms with E-state index in [0.717, 1.165) is 66.8 Å². The maximum Gasteiger partial charge on any atom is 0.149 e. The van der Waals surface area contributed by atoms with E-state index in [-0.39, 0.29) is 34.1 Å². The molecule has 0 bridgehead atoms. The van der Waals surface area contributed by atoms with Crippen LogP contribution in [0.1, 0.15) is 147 Å². The van der Waals surface area contributed by atoms with Gasteiger partial charge in [0, 0.05) is 35.2 Å². The van der Waals surface area contributed by atoms with Gasteiger partial charge in [0.05, 0.1) is 33.5 Å². The summed E-state index contributed by atoms with van der Waals surface area (Å²) in [5.74, 6) is 0.779. The molecule has 0 aliphatic rings. The molecule has 0 saturated heterocycles. The summed E-state index contributed by atoms with van der Waals surface area (Å²) < 4.78 is 113. The maximum absolute atomic E-state index is 12.6. The Balaban J connectivity index is 1.34. The molecule has 1 N–H and O–H groups in total. The van der Waals surface area contributed by atoms with Crippen molar-refractivity contribution in [3.05, 3.63) is 192 Å². The second-order valence-electron chi connectivity index (χ2n) is 21.1. The van der Waals surface area contributed by atoms with E-state index in [4.69, 9.17) is 25.0 Å². The first-order valence-corrected chi connectivity index (χ1v) is 24.0. The van der Waals surface area contributed by atoms with Crippen LogP contribution < -0.4 is 0 Å². The van der Waals surface area contributed by atoms with E-state index in [1.165, 1.54) is 12.3 Å². The smallest absolute Gasteiger partial charge is 0.149 e. The van der Waals surface area contributed by atoms with Crippen LogP contribution in [0.25, 0.3) is 83.9 Å². The predicted molar refractivity (Wildman–Crippen MR) is 297 cm³/mol. The highest BCUT2D eigenvalue weighted by Gasteiger charge is 2.29. The van der Waals surface area contributed by atoms with Crippen molar-refractivity contribution in [2.24, 2.45) is 0 Å². The van der Waals surface area contributed by atoms with Gasteiger partial charge in [0.2, 0.25) is 0 Å².